The fourth-order valence-corrected chi connectivity index (χ4v) is 9.84. The molecule has 318 valence electrons. The van der Waals surface area contributed by atoms with Crippen LogP contribution in [0, 0.1) is 5.92 Å². The molecule has 3 aliphatic rings. The zero-order valence-electron chi connectivity index (χ0n) is 34.5. The lowest BCUT2D eigenvalue weighted by atomic mass is 9.65. The minimum atomic E-state index is -2.10. The van der Waals surface area contributed by atoms with E-state index in [0.29, 0.717) is 28.2 Å². The van der Waals surface area contributed by atoms with Gasteiger partial charge in [0.2, 0.25) is 5.91 Å². The first-order valence-electron chi connectivity index (χ1n) is 20.8. The molecule has 2 saturated heterocycles. The van der Waals surface area contributed by atoms with Crippen LogP contribution in [-0.2, 0) is 24.5 Å². The van der Waals surface area contributed by atoms with Crippen LogP contribution in [-0.4, -0.2) is 65.4 Å². The van der Waals surface area contributed by atoms with Gasteiger partial charge in [0.05, 0.1) is 37.5 Å². The SMILES string of the molecule is COc1ccc(-c2ccc3c(c2)[C@]2(C(=O)N3C(=O)N[C@H](C)c3ccccc3)[C@H](c3ccc(OCCO)cc3)N3[C@H](c4ccccc4)[C@H](c4ccccc4)OC(=O)[C@H]3[C@@H]2C(=O)O)cc1. The molecule has 6 aromatic rings. The second-order valence-corrected chi connectivity index (χ2v) is 15.9. The molecule has 12 heteroatoms. The Kier molecular flexibility index (Phi) is 11.0. The van der Waals surface area contributed by atoms with E-state index < -0.39 is 65.5 Å². The van der Waals surface area contributed by atoms with E-state index in [4.69, 9.17) is 14.2 Å². The number of carboxylic acid groups (broad SMARTS) is 1. The lowest BCUT2D eigenvalue weighted by molar-refractivity contribution is -0.179. The van der Waals surface area contributed by atoms with Gasteiger partial charge in [-0.3, -0.25) is 19.3 Å². The number of imide groups is 1. The van der Waals surface area contributed by atoms with Crippen molar-refractivity contribution in [2.24, 2.45) is 5.92 Å². The smallest absolute Gasteiger partial charge is 0.329 e. The third-order valence-electron chi connectivity index (χ3n) is 12.5. The minimum absolute atomic E-state index is 0.0359. The van der Waals surface area contributed by atoms with E-state index in [-0.39, 0.29) is 24.5 Å². The van der Waals surface area contributed by atoms with Gasteiger partial charge in [-0.15, -0.1) is 0 Å². The molecule has 9 rings (SSSR count). The summed E-state index contributed by atoms with van der Waals surface area (Å²) in [5.74, 6) is -3.72. The van der Waals surface area contributed by atoms with Crippen LogP contribution >= 0.6 is 0 Å². The fourth-order valence-electron chi connectivity index (χ4n) is 9.84. The van der Waals surface area contributed by atoms with Gasteiger partial charge in [-0.1, -0.05) is 121 Å². The summed E-state index contributed by atoms with van der Waals surface area (Å²) < 4.78 is 17.6. The maximum absolute atomic E-state index is 16.2. The van der Waals surface area contributed by atoms with Crippen LogP contribution in [0.15, 0.2) is 158 Å². The van der Waals surface area contributed by atoms with Gasteiger partial charge in [-0.25, -0.2) is 9.69 Å². The van der Waals surface area contributed by atoms with Gasteiger partial charge in [-0.2, -0.15) is 0 Å². The monoisotopic (exact) mass is 843 g/mol. The lowest BCUT2D eigenvalue weighted by Gasteiger charge is -2.46. The average Bonchev–Trinajstić information content (AvgIpc) is 3.78. The molecule has 2 fully saturated rings. The summed E-state index contributed by atoms with van der Waals surface area (Å²) in [7, 11) is 1.57. The third-order valence-corrected chi connectivity index (χ3v) is 12.5. The summed E-state index contributed by atoms with van der Waals surface area (Å²) in [5, 5.41) is 24.2. The number of amides is 3. The van der Waals surface area contributed by atoms with Crippen molar-refractivity contribution in [3.63, 3.8) is 0 Å². The predicted molar refractivity (Wildman–Crippen MR) is 234 cm³/mol. The zero-order chi connectivity index (χ0) is 43.8. The maximum Gasteiger partial charge on any atom is 0.329 e. The molecule has 3 amide bonds. The van der Waals surface area contributed by atoms with E-state index in [2.05, 4.69) is 5.32 Å². The molecule has 0 aliphatic carbocycles. The Morgan fingerprint density at radius 3 is 1.97 bits per heavy atom. The molecule has 0 unspecified atom stereocenters. The number of morpholine rings is 1. The Morgan fingerprint density at radius 1 is 0.746 bits per heavy atom. The number of carbonyl (C=O) groups excluding carboxylic acids is 3. The van der Waals surface area contributed by atoms with E-state index in [1.165, 1.54) is 0 Å². The lowest BCUT2D eigenvalue weighted by Crippen LogP contribution is -2.54. The second-order valence-electron chi connectivity index (χ2n) is 15.9. The molecule has 3 heterocycles. The van der Waals surface area contributed by atoms with Crippen LogP contribution in [0.5, 0.6) is 11.5 Å². The van der Waals surface area contributed by atoms with Crippen LogP contribution < -0.4 is 19.7 Å². The number of aliphatic carboxylic acids is 1. The van der Waals surface area contributed by atoms with Gasteiger partial charge in [0, 0.05) is 0 Å². The van der Waals surface area contributed by atoms with Gasteiger partial charge >= 0.3 is 18.0 Å². The zero-order valence-corrected chi connectivity index (χ0v) is 34.5. The number of carboxylic acids is 1. The maximum atomic E-state index is 16.2. The van der Waals surface area contributed by atoms with Gasteiger partial charge in [0.1, 0.15) is 41.6 Å². The highest BCUT2D eigenvalue weighted by Gasteiger charge is 2.76. The van der Waals surface area contributed by atoms with E-state index in [9.17, 15) is 24.6 Å². The molecule has 0 bridgehead atoms. The van der Waals surface area contributed by atoms with Crippen molar-refractivity contribution in [1.29, 1.82) is 0 Å². The van der Waals surface area contributed by atoms with Crippen molar-refractivity contribution in [3.8, 4) is 22.6 Å². The Balaban J connectivity index is 1.32. The number of aliphatic hydroxyl groups is 1. The largest absolute Gasteiger partial charge is 0.497 e. The molecule has 7 atom stereocenters. The first-order chi connectivity index (χ1) is 30.7. The average molecular weight is 844 g/mol. The van der Waals surface area contributed by atoms with E-state index in [0.717, 1.165) is 21.6 Å². The molecular formula is C51H45N3O9. The summed E-state index contributed by atoms with van der Waals surface area (Å²) >= 11 is 0. The number of nitrogens with zero attached hydrogens (tertiary/aromatic N) is 2. The van der Waals surface area contributed by atoms with Crippen molar-refractivity contribution >= 4 is 29.6 Å². The number of nitrogens with one attached hydrogen (secondary N) is 1. The first-order valence-corrected chi connectivity index (χ1v) is 20.8. The van der Waals surface area contributed by atoms with Gasteiger partial charge < -0.3 is 29.7 Å². The number of rotatable bonds is 11. The van der Waals surface area contributed by atoms with E-state index in [1.807, 2.05) is 108 Å². The summed E-state index contributed by atoms with van der Waals surface area (Å²) in [5.41, 5.74) is 2.44. The highest BCUT2D eigenvalue weighted by Crippen LogP contribution is 2.66. The summed E-state index contributed by atoms with van der Waals surface area (Å²) in [6.07, 6.45) is -0.927. The number of hydrogen-bond donors (Lipinski definition) is 3. The third kappa shape index (κ3) is 6.97. The quantitative estimate of drug-likeness (QED) is 0.110. The van der Waals surface area contributed by atoms with Crippen molar-refractivity contribution < 1.29 is 43.6 Å². The molecule has 1 spiro atoms. The molecule has 3 aliphatic heterocycles. The number of fused-ring (bicyclic) bond motifs is 3. The van der Waals surface area contributed by atoms with Crippen LogP contribution in [0.2, 0.25) is 0 Å². The molecule has 0 aromatic heterocycles. The molecular weight excluding hydrogens is 799 g/mol. The highest BCUT2D eigenvalue weighted by atomic mass is 16.6. The summed E-state index contributed by atoms with van der Waals surface area (Å²) in [6.45, 7) is 1.63. The first kappa shape index (κ1) is 41.1. The molecule has 6 aromatic carbocycles. The number of anilines is 1. The van der Waals surface area contributed by atoms with Gasteiger partial charge in [0.25, 0.3) is 0 Å². The minimum Gasteiger partial charge on any atom is -0.497 e. The Hall–Kier alpha value is -7.28. The molecule has 3 N–H and O–H groups in total. The van der Waals surface area contributed by atoms with Crippen molar-refractivity contribution in [1.82, 2.24) is 10.2 Å². The number of methoxy groups -OCH3 is 1. The van der Waals surface area contributed by atoms with Crippen LogP contribution in [0.25, 0.3) is 11.1 Å². The number of cyclic esters (lactones) is 1. The van der Waals surface area contributed by atoms with Crippen molar-refractivity contribution in [3.05, 3.63) is 186 Å². The molecule has 12 nitrogen and oxygen atoms in total. The van der Waals surface area contributed by atoms with Crippen molar-refractivity contribution in [2.75, 3.05) is 25.2 Å². The molecule has 63 heavy (non-hydrogen) atoms. The number of esters is 1. The number of benzene rings is 6. The number of hydrogen-bond acceptors (Lipinski definition) is 9. The van der Waals surface area contributed by atoms with Crippen LogP contribution in [0.3, 0.4) is 0 Å². The highest BCUT2D eigenvalue weighted by molar-refractivity contribution is 6.24. The Morgan fingerprint density at radius 2 is 1.35 bits per heavy atom. The molecule has 0 saturated carbocycles. The number of ether oxygens (including phenoxy) is 3. The molecule has 0 radical (unpaired) electrons. The summed E-state index contributed by atoms with van der Waals surface area (Å²) in [6, 6.07) is 42.6. The number of aliphatic hydroxyl groups excluding tert-OH is 1. The normalized spacial score (nSPS) is 23.1. The predicted octanol–water partition coefficient (Wildman–Crippen LogP) is 7.95. The fraction of sp³-hybridized carbons (Fsp3) is 0.216. The standard InChI is InChI=1S/C51H45N3O9/c1-31(32-12-6-3-7-13-32)52-50(60)53-41-27-22-37(33-18-23-38(61-2)24-19-33)30-40(41)51(49(53)59)42(47(56)57)44-48(58)63-45(35-16-10-5-11-17-35)43(34-14-8-4-9-15-34)54(44)46(51)36-20-25-39(26-21-36)62-29-28-55/h3-27,30-31,42-46,55H,28-29H2,1-2H3,(H,52,60)(H,56,57)/t31-,42-,43-,44-,45+,46+,51-/m1/s1. The Labute approximate surface area is 364 Å². The Bertz CT molecular complexity index is 2650. The topological polar surface area (TPSA) is 155 Å². The van der Waals surface area contributed by atoms with E-state index >= 15 is 4.79 Å². The number of urea groups is 1. The van der Waals surface area contributed by atoms with Crippen LogP contribution in [0.4, 0.5) is 10.5 Å². The second kappa shape index (κ2) is 16.9. The van der Waals surface area contributed by atoms with Crippen LogP contribution in [0.1, 0.15) is 59.0 Å². The number of carbonyl (C=O) groups is 4. The van der Waals surface area contributed by atoms with Gasteiger partial charge in [-0.05, 0) is 82.3 Å². The summed E-state index contributed by atoms with van der Waals surface area (Å²) in [4.78, 5) is 63.2. The van der Waals surface area contributed by atoms with Crippen molar-refractivity contribution in [2.45, 2.75) is 42.6 Å². The van der Waals surface area contributed by atoms with E-state index in [1.54, 1.807) is 68.6 Å². The van der Waals surface area contributed by atoms with Gasteiger partial charge in [0.15, 0.2) is 0 Å².